The Hall–Kier alpha value is -3.69. The second-order valence-corrected chi connectivity index (χ2v) is 8.10. The highest BCUT2D eigenvalue weighted by Crippen LogP contribution is 2.39. The van der Waals surface area contributed by atoms with E-state index < -0.39 is 11.6 Å². The number of likely N-dealkylation sites (tertiary alicyclic amines) is 1. The van der Waals surface area contributed by atoms with Gasteiger partial charge in [-0.15, -0.1) is 10.2 Å². The lowest BCUT2D eigenvalue weighted by atomic mass is 9.84. The molecule has 0 radical (unpaired) electrons. The van der Waals surface area contributed by atoms with Crippen LogP contribution in [0, 0.1) is 5.82 Å². The first-order valence-electron chi connectivity index (χ1n) is 10.4. The molecule has 2 aliphatic rings. The molecule has 32 heavy (non-hydrogen) atoms. The van der Waals surface area contributed by atoms with Crippen molar-refractivity contribution in [2.24, 2.45) is 0 Å². The second-order valence-electron chi connectivity index (χ2n) is 8.10. The average molecular weight is 439 g/mol. The van der Waals surface area contributed by atoms with Crippen molar-refractivity contribution in [3.8, 4) is 11.4 Å². The number of amides is 2. The molecule has 1 aromatic carbocycles. The number of rotatable bonds is 2. The standard InChI is InChI=1S/C22H22FN5O4/c1-31-21(30)27-13-18-24-25-19(15-4-6-16(23)7-5-15)28(18)22(14-27)8-10-26(11-9-22)20(29)17-3-2-12-32-17/h2-7,12H,8-11,13-14H2,1H3. The predicted octanol–water partition coefficient (Wildman–Crippen LogP) is 2.89. The number of aromatic nitrogens is 3. The second kappa shape index (κ2) is 7.77. The van der Waals surface area contributed by atoms with Crippen LogP contribution in [0.3, 0.4) is 0 Å². The van der Waals surface area contributed by atoms with Crippen molar-refractivity contribution in [2.75, 3.05) is 26.7 Å². The fraction of sp³-hybridized carbons (Fsp3) is 0.364. The Morgan fingerprint density at radius 3 is 2.50 bits per heavy atom. The molecule has 0 saturated carbocycles. The van der Waals surface area contributed by atoms with Crippen molar-refractivity contribution in [1.29, 1.82) is 0 Å². The Kier molecular flexibility index (Phi) is 4.91. The topological polar surface area (TPSA) is 93.7 Å². The van der Waals surface area contributed by atoms with Crippen LogP contribution < -0.4 is 0 Å². The molecule has 0 N–H and O–H groups in total. The summed E-state index contributed by atoms with van der Waals surface area (Å²) in [6.45, 7) is 1.63. The Bertz CT molecular complexity index is 1130. The van der Waals surface area contributed by atoms with Crippen LogP contribution in [0.5, 0.6) is 0 Å². The zero-order chi connectivity index (χ0) is 22.3. The van der Waals surface area contributed by atoms with E-state index in [1.54, 1.807) is 34.1 Å². The summed E-state index contributed by atoms with van der Waals surface area (Å²) in [6, 6.07) is 9.45. The molecule has 9 nitrogen and oxygen atoms in total. The third-order valence-corrected chi connectivity index (χ3v) is 6.27. The van der Waals surface area contributed by atoms with E-state index in [1.165, 1.54) is 25.5 Å². The molecule has 0 bridgehead atoms. The molecular weight excluding hydrogens is 417 g/mol. The highest BCUT2D eigenvalue weighted by atomic mass is 19.1. The minimum Gasteiger partial charge on any atom is -0.459 e. The summed E-state index contributed by atoms with van der Waals surface area (Å²) in [6.07, 6.45) is 2.22. The quantitative estimate of drug-likeness (QED) is 0.610. The molecule has 1 spiro atoms. The number of hydrogen-bond donors (Lipinski definition) is 0. The first kappa shape index (κ1) is 20.2. The van der Waals surface area contributed by atoms with Gasteiger partial charge < -0.3 is 18.6 Å². The number of nitrogens with zero attached hydrogens (tertiary/aromatic N) is 5. The summed E-state index contributed by atoms with van der Waals surface area (Å²) in [7, 11) is 1.35. The van der Waals surface area contributed by atoms with Crippen molar-refractivity contribution < 1.29 is 23.1 Å². The van der Waals surface area contributed by atoms with E-state index in [4.69, 9.17) is 9.15 Å². The van der Waals surface area contributed by atoms with Gasteiger partial charge in [-0.05, 0) is 49.2 Å². The van der Waals surface area contributed by atoms with E-state index in [0.717, 1.165) is 5.56 Å². The largest absolute Gasteiger partial charge is 0.459 e. The van der Waals surface area contributed by atoms with Gasteiger partial charge >= 0.3 is 6.09 Å². The fourth-order valence-corrected chi connectivity index (χ4v) is 4.68. The fourth-order valence-electron chi connectivity index (χ4n) is 4.68. The van der Waals surface area contributed by atoms with Gasteiger partial charge in [-0.3, -0.25) is 9.69 Å². The Balaban J connectivity index is 1.50. The summed E-state index contributed by atoms with van der Waals surface area (Å²) >= 11 is 0. The van der Waals surface area contributed by atoms with E-state index >= 15 is 0 Å². The Morgan fingerprint density at radius 1 is 1.09 bits per heavy atom. The minimum absolute atomic E-state index is 0.159. The number of carbonyl (C=O) groups is 2. The molecule has 3 aromatic rings. The van der Waals surface area contributed by atoms with E-state index in [0.29, 0.717) is 49.9 Å². The van der Waals surface area contributed by atoms with Gasteiger partial charge in [0, 0.05) is 25.2 Å². The molecular formula is C22H22FN5O4. The molecule has 166 valence electrons. The number of piperidine rings is 1. The molecule has 4 heterocycles. The van der Waals surface area contributed by atoms with Crippen molar-refractivity contribution in [3.63, 3.8) is 0 Å². The third-order valence-electron chi connectivity index (χ3n) is 6.27. The SMILES string of the molecule is COC(=O)N1Cc2nnc(-c3ccc(F)cc3)n2C2(CCN(C(=O)c3ccco3)CC2)C1. The van der Waals surface area contributed by atoms with E-state index in [2.05, 4.69) is 14.8 Å². The zero-order valence-electron chi connectivity index (χ0n) is 17.5. The monoisotopic (exact) mass is 439 g/mol. The maximum Gasteiger partial charge on any atom is 0.409 e. The van der Waals surface area contributed by atoms with Crippen molar-refractivity contribution >= 4 is 12.0 Å². The lowest BCUT2D eigenvalue weighted by Crippen LogP contribution is -2.57. The van der Waals surface area contributed by atoms with Gasteiger partial charge in [-0.25, -0.2) is 9.18 Å². The smallest absolute Gasteiger partial charge is 0.409 e. The van der Waals surface area contributed by atoms with Crippen molar-refractivity contribution in [3.05, 3.63) is 60.1 Å². The van der Waals surface area contributed by atoms with Gasteiger partial charge in [0.15, 0.2) is 17.4 Å². The number of methoxy groups -OCH3 is 1. The molecule has 2 aromatic heterocycles. The highest BCUT2D eigenvalue weighted by Gasteiger charge is 2.46. The van der Waals surface area contributed by atoms with Crippen molar-refractivity contribution in [1.82, 2.24) is 24.6 Å². The lowest BCUT2D eigenvalue weighted by Gasteiger charge is -2.48. The first-order valence-corrected chi connectivity index (χ1v) is 10.4. The number of ether oxygens (including phenoxy) is 1. The van der Waals surface area contributed by atoms with Crippen molar-refractivity contribution in [2.45, 2.75) is 24.9 Å². The third kappa shape index (κ3) is 3.31. The van der Waals surface area contributed by atoms with Crippen LogP contribution >= 0.6 is 0 Å². The molecule has 0 aliphatic carbocycles. The van der Waals surface area contributed by atoms with Crippen LogP contribution in [0.15, 0.2) is 47.1 Å². The van der Waals surface area contributed by atoms with Crippen LogP contribution in [0.2, 0.25) is 0 Å². The molecule has 2 amide bonds. The summed E-state index contributed by atoms with van der Waals surface area (Å²) in [4.78, 5) is 28.5. The number of halogens is 1. The minimum atomic E-state index is -0.519. The van der Waals surface area contributed by atoms with E-state index in [-0.39, 0.29) is 18.3 Å². The number of carbonyl (C=O) groups excluding carboxylic acids is 2. The predicted molar refractivity (Wildman–Crippen MR) is 110 cm³/mol. The Labute approximate surface area is 183 Å². The van der Waals surface area contributed by atoms with Gasteiger partial charge in [0.1, 0.15) is 5.82 Å². The molecule has 10 heteroatoms. The van der Waals surface area contributed by atoms with Crippen LogP contribution in [0.25, 0.3) is 11.4 Å². The summed E-state index contributed by atoms with van der Waals surface area (Å²) in [5.74, 6) is 1.07. The Morgan fingerprint density at radius 2 is 1.84 bits per heavy atom. The number of benzene rings is 1. The molecule has 0 atom stereocenters. The summed E-state index contributed by atoms with van der Waals surface area (Å²) in [5, 5.41) is 8.72. The lowest BCUT2D eigenvalue weighted by molar-refractivity contribution is 0.0303. The van der Waals surface area contributed by atoms with Crippen LogP contribution in [-0.4, -0.2) is 63.3 Å². The van der Waals surface area contributed by atoms with Gasteiger partial charge in [0.2, 0.25) is 0 Å². The maximum absolute atomic E-state index is 13.5. The van der Waals surface area contributed by atoms with Gasteiger partial charge in [-0.1, -0.05) is 0 Å². The van der Waals surface area contributed by atoms with Gasteiger partial charge in [-0.2, -0.15) is 0 Å². The van der Waals surface area contributed by atoms with Gasteiger partial charge in [0.25, 0.3) is 5.91 Å². The zero-order valence-corrected chi connectivity index (χ0v) is 17.5. The number of hydrogen-bond acceptors (Lipinski definition) is 6. The summed E-state index contributed by atoms with van der Waals surface area (Å²) < 4.78 is 25.8. The van der Waals surface area contributed by atoms with Crippen LogP contribution in [0.4, 0.5) is 9.18 Å². The number of furan rings is 1. The number of fused-ring (bicyclic) bond motifs is 2. The average Bonchev–Trinajstić information content (AvgIpc) is 3.50. The highest BCUT2D eigenvalue weighted by molar-refractivity contribution is 5.91. The normalized spacial score (nSPS) is 17.3. The van der Waals surface area contributed by atoms with E-state index in [1.807, 2.05) is 0 Å². The molecule has 1 fully saturated rings. The molecule has 0 unspecified atom stereocenters. The van der Waals surface area contributed by atoms with Gasteiger partial charge in [0.05, 0.1) is 25.5 Å². The van der Waals surface area contributed by atoms with Crippen LogP contribution in [-0.2, 0) is 16.8 Å². The molecule has 1 saturated heterocycles. The molecule has 5 rings (SSSR count). The van der Waals surface area contributed by atoms with Crippen LogP contribution in [0.1, 0.15) is 29.2 Å². The maximum atomic E-state index is 13.5. The van der Waals surface area contributed by atoms with E-state index in [9.17, 15) is 14.0 Å². The summed E-state index contributed by atoms with van der Waals surface area (Å²) in [5.41, 5.74) is 0.222. The molecule has 2 aliphatic heterocycles. The first-order chi connectivity index (χ1) is 15.5.